The van der Waals surface area contributed by atoms with Crippen molar-refractivity contribution in [2.24, 2.45) is 11.8 Å². The lowest BCUT2D eigenvalue weighted by Gasteiger charge is -2.26. The van der Waals surface area contributed by atoms with Crippen LogP contribution in [0.5, 0.6) is 0 Å². The Hall–Kier alpha value is -2.02. The number of nitrogens with zero attached hydrogens (tertiary/aromatic N) is 4. The fraction of sp³-hybridized carbons (Fsp3) is 0.545. The molecule has 28 heavy (non-hydrogen) atoms. The molecular weight excluding hydrogens is 352 g/mol. The minimum atomic E-state index is 0.0511. The van der Waals surface area contributed by atoms with Crippen LogP contribution in [0.3, 0.4) is 0 Å². The number of aliphatic hydroxyl groups is 1. The highest BCUT2D eigenvalue weighted by atomic mass is 16.3. The number of carbonyl (C=O) groups is 1. The number of rotatable bonds is 4. The molecule has 6 heteroatoms. The van der Waals surface area contributed by atoms with E-state index >= 15 is 0 Å². The van der Waals surface area contributed by atoms with Gasteiger partial charge in [-0.1, -0.05) is 18.2 Å². The third kappa shape index (κ3) is 4.04. The Bertz CT molecular complexity index is 822. The molecule has 0 spiro atoms. The van der Waals surface area contributed by atoms with Crippen LogP contribution >= 0.6 is 0 Å². The molecule has 0 unspecified atom stereocenters. The number of hydrogen-bond acceptors (Lipinski definition) is 5. The van der Waals surface area contributed by atoms with Gasteiger partial charge in [-0.25, -0.2) is 0 Å². The van der Waals surface area contributed by atoms with Crippen molar-refractivity contribution in [3.63, 3.8) is 0 Å². The number of hydrogen-bond donors (Lipinski definition) is 1. The first-order chi connectivity index (χ1) is 13.7. The van der Waals surface area contributed by atoms with E-state index in [1.165, 1.54) is 6.42 Å². The second-order valence-electron chi connectivity index (χ2n) is 8.25. The largest absolute Gasteiger partial charge is 0.396 e. The SMILES string of the molecule is CN1CCCN(C[C@@H]2CN(C(=O)c3ccnc4ccccc34)C[C@@H]2CO)CC1. The quantitative estimate of drug-likeness (QED) is 0.870. The lowest BCUT2D eigenvalue weighted by Crippen LogP contribution is -2.36. The number of likely N-dealkylation sites (N-methyl/N-ethyl adjacent to an activating group) is 1. The molecule has 2 aromatic rings. The van der Waals surface area contributed by atoms with Crippen molar-refractivity contribution < 1.29 is 9.90 Å². The van der Waals surface area contributed by atoms with Gasteiger partial charge in [0.1, 0.15) is 0 Å². The molecule has 1 aromatic heterocycles. The van der Waals surface area contributed by atoms with Gasteiger partial charge in [-0.2, -0.15) is 0 Å². The van der Waals surface area contributed by atoms with Crippen molar-refractivity contribution in [3.8, 4) is 0 Å². The zero-order valence-electron chi connectivity index (χ0n) is 16.6. The van der Waals surface area contributed by atoms with Crippen LogP contribution in [0.25, 0.3) is 10.9 Å². The number of aromatic nitrogens is 1. The van der Waals surface area contributed by atoms with Crippen LogP contribution in [0.1, 0.15) is 16.8 Å². The van der Waals surface area contributed by atoms with Crippen molar-refractivity contribution in [1.29, 1.82) is 0 Å². The molecule has 1 aromatic carbocycles. The standard InChI is InChI=1S/C22H30N4O2/c1-24-9-4-10-25(12-11-24)13-17-14-26(15-18(17)16-27)22(28)20-7-8-23-21-6-3-2-5-19(20)21/h2-3,5-8,17-18,27H,4,9-16H2,1H3/t17-,18-/m1/s1. The second kappa shape index (κ2) is 8.55. The van der Waals surface area contributed by atoms with Crippen molar-refractivity contribution in [2.75, 3.05) is 59.5 Å². The minimum Gasteiger partial charge on any atom is -0.396 e. The van der Waals surface area contributed by atoms with Gasteiger partial charge in [-0.3, -0.25) is 9.78 Å². The van der Waals surface area contributed by atoms with Crippen LogP contribution in [0.4, 0.5) is 0 Å². The van der Waals surface area contributed by atoms with E-state index in [1.54, 1.807) is 6.20 Å². The topological polar surface area (TPSA) is 59.9 Å². The van der Waals surface area contributed by atoms with E-state index in [2.05, 4.69) is 21.8 Å². The fourth-order valence-corrected chi connectivity index (χ4v) is 4.59. The van der Waals surface area contributed by atoms with Crippen molar-refractivity contribution in [3.05, 3.63) is 42.1 Å². The summed E-state index contributed by atoms with van der Waals surface area (Å²) in [7, 11) is 2.18. The zero-order chi connectivity index (χ0) is 19.5. The van der Waals surface area contributed by atoms with E-state index in [9.17, 15) is 9.90 Å². The average molecular weight is 383 g/mol. The van der Waals surface area contributed by atoms with Gasteiger partial charge >= 0.3 is 0 Å². The highest BCUT2D eigenvalue weighted by molar-refractivity contribution is 6.06. The van der Waals surface area contributed by atoms with Gasteiger partial charge in [0.15, 0.2) is 0 Å². The molecule has 2 aliphatic rings. The smallest absolute Gasteiger partial charge is 0.254 e. The van der Waals surface area contributed by atoms with Gasteiger partial charge in [-0.15, -0.1) is 0 Å². The molecule has 1 amide bonds. The molecule has 3 heterocycles. The van der Waals surface area contributed by atoms with Gasteiger partial charge in [0.2, 0.25) is 0 Å². The van der Waals surface area contributed by atoms with E-state index in [0.29, 0.717) is 24.6 Å². The average Bonchev–Trinajstić information content (AvgIpc) is 3.02. The fourth-order valence-electron chi connectivity index (χ4n) is 4.59. The normalized spacial score (nSPS) is 24.6. The molecule has 2 atom stereocenters. The Morgan fingerprint density at radius 2 is 1.93 bits per heavy atom. The molecule has 0 bridgehead atoms. The predicted octanol–water partition coefficient (Wildman–Crippen LogP) is 1.55. The Morgan fingerprint density at radius 3 is 2.79 bits per heavy atom. The Balaban J connectivity index is 1.48. The molecule has 2 fully saturated rings. The first kappa shape index (κ1) is 19.3. The summed E-state index contributed by atoms with van der Waals surface area (Å²) in [5.41, 5.74) is 1.55. The van der Waals surface area contributed by atoms with Gasteiger partial charge in [0.05, 0.1) is 11.1 Å². The van der Waals surface area contributed by atoms with E-state index in [0.717, 1.165) is 43.6 Å². The van der Waals surface area contributed by atoms with Crippen molar-refractivity contribution >= 4 is 16.8 Å². The first-order valence-corrected chi connectivity index (χ1v) is 10.3. The van der Waals surface area contributed by atoms with Crippen molar-refractivity contribution in [2.45, 2.75) is 6.42 Å². The molecule has 0 aliphatic carbocycles. The number of benzene rings is 1. The highest BCUT2D eigenvalue weighted by Gasteiger charge is 2.36. The summed E-state index contributed by atoms with van der Waals surface area (Å²) < 4.78 is 0. The van der Waals surface area contributed by atoms with E-state index in [1.807, 2.05) is 35.2 Å². The molecule has 2 saturated heterocycles. The zero-order valence-corrected chi connectivity index (χ0v) is 16.6. The van der Waals surface area contributed by atoms with Crippen LogP contribution in [0, 0.1) is 11.8 Å². The lowest BCUT2D eigenvalue weighted by atomic mass is 9.96. The monoisotopic (exact) mass is 382 g/mol. The van der Waals surface area contributed by atoms with E-state index < -0.39 is 0 Å². The number of carbonyl (C=O) groups excluding carboxylic acids is 1. The van der Waals surface area contributed by atoms with Gasteiger partial charge in [-0.05, 0) is 44.6 Å². The van der Waals surface area contributed by atoms with Gasteiger partial charge in [0.25, 0.3) is 5.91 Å². The molecular formula is C22H30N4O2. The summed E-state index contributed by atoms with van der Waals surface area (Å²) >= 11 is 0. The predicted molar refractivity (Wildman–Crippen MR) is 110 cm³/mol. The van der Waals surface area contributed by atoms with Crippen molar-refractivity contribution in [1.82, 2.24) is 19.7 Å². The number of amides is 1. The molecule has 150 valence electrons. The maximum absolute atomic E-state index is 13.3. The number of fused-ring (bicyclic) bond motifs is 1. The minimum absolute atomic E-state index is 0.0511. The number of pyridine rings is 1. The van der Waals surface area contributed by atoms with Crippen LogP contribution < -0.4 is 0 Å². The van der Waals surface area contributed by atoms with Gasteiger partial charge < -0.3 is 19.8 Å². The molecule has 2 aliphatic heterocycles. The van der Waals surface area contributed by atoms with Crippen LogP contribution in [-0.4, -0.2) is 90.2 Å². The first-order valence-electron chi connectivity index (χ1n) is 10.3. The summed E-state index contributed by atoms with van der Waals surface area (Å²) in [5, 5.41) is 10.8. The molecule has 1 N–H and O–H groups in total. The molecule has 4 rings (SSSR count). The van der Waals surface area contributed by atoms with E-state index in [-0.39, 0.29) is 18.4 Å². The number of para-hydroxylation sites is 1. The maximum atomic E-state index is 13.3. The third-order valence-electron chi connectivity index (χ3n) is 6.28. The Labute approximate surface area is 166 Å². The summed E-state index contributed by atoms with van der Waals surface area (Å²) in [6.45, 7) is 6.83. The molecule has 0 radical (unpaired) electrons. The second-order valence-corrected chi connectivity index (χ2v) is 8.25. The lowest BCUT2D eigenvalue weighted by molar-refractivity contribution is 0.0781. The third-order valence-corrected chi connectivity index (χ3v) is 6.28. The van der Waals surface area contributed by atoms with E-state index in [4.69, 9.17) is 0 Å². The molecule has 6 nitrogen and oxygen atoms in total. The Kier molecular flexibility index (Phi) is 5.90. The summed E-state index contributed by atoms with van der Waals surface area (Å²) in [5.74, 6) is 0.527. The van der Waals surface area contributed by atoms with Crippen LogP contribution in [0.2, 0.25) is 0 Å². The summed E-state index contributed by atoms with van der Waals surface area (Å²) in [6, 6.07) is 9.60. The summed E-state index contributed by atoms with van der Waals surface area (Å²) in [4.78, 5) is 24.4. The maximum Gasteiger partial charge on any atom is 0.254 e. The highest BCUT2D eigenvalue weighted by Crippen LogP contribution is 2.27. The number of aliphatic hydroxyl groups excluding tert-OH is 1. The van der Waals surface area contributed by atoms with Crippen LogP contribution in [-0.2, 0) is 0 Å². The Morgan fingerprint density at radius 1 is 1.11 bits per heavy atom. The number of likely N-dealkylation sites (tertiary alicyclic amines) is 1. The summed E-state index contributed by atoms with van der Waals surface area (Å²) in [6.07, 6.45) is 2.89. The van der Waals surface area contributed by atoms with Crippen LogP contribution in [0.15, 0.2) is 36.5 Å². The molecule has 0 saturated carbocycles. The van der Waals surface area contributed by atoms with Gasteiger partial charge in [0, 0.05) is 56.8 Å².